The molecule has 74 valence electrons. The van der Waals surface area contributed by atoms with Crippen LogP contribution in [-0.2, 0) is 4.79 Å². The molecule has 2 fully saturated rings. The van der Waals surface area contributed by atoms with E-state index in [9.17, 15) is 9.90 Å². The lowest BCUT2D eigenvalue weighted by Crippen LogP contribution is -2.59. The fraction of sp³-hybridized carbons (Fsp3) is 0.875. The number of hydrogen-bond acceptors (Lipinski definition) is 4. The maximum absolute atomic E-state index is 11.5. The molecule has 2 atom stereocenters. The van der Waals surface area contributed by atoms with Crippen molar-refractivity contribution in [2.24, 2.45) is 0 Å². The minimum atomic E-state index is -0.365. The van der Waals surface area contributed by atoms with E-state index in [0.29, 0.717) is 13.0 Å². The minimum absolute atomic E-state index is 0.0167. The largest absolute Gasteiger partial charge is 0.392 e. The van der Waals surface area contributed by atoms with E-state index >= 15 is 0 Å². The molecule has 2 aliphatic rings. The van der Waals surface area contributed by atoms with Gasteiger partial charge in [-0.15, -0.1) is 0 Å². The maximum atomic E-state index is 11.5. The molecular formula is C8H15N3O2. The number of rotatable bonds is 2. The Bertz CT molecular complexity index is 206. The van der Waals surface area contributed by atoms with Gasteiger partial charge in [-0.2, -0.15) is 0 Å². The normalized spacial score (nSPS) is 34.2. The van der Waals surface area contributed by atoms with Crippen LogP contribution in [-0.4, -0.2) is 48.8 Å². The highest BCUT2D eigenvalue weighted by atomic mass is 16.3. The van der Waals surface area contributed by atoms with Gasteiger partial charge >= 0.3 is 0 Å². The Labute approximate surface area is 76.9 Å². The predicted octanol–water partition coefficient (Wildman–Crippen LogP) is -2.20. The zero-order chi connectivity index (χ0) is 9.26. The molecule has 2 heterocycles. The number of amides is 1. The monoisotopic (exact) mass is 185 g/mol. The van der Waals surface area contributed by atoms with Gasteiger partial charge in [0.25, 0.3) is 0 Å². The van der Waals surface area contributed by atoms with E-state index < -0.39 is 0 Å². The first-order valence-corrected chi connectivity index (χ1v) is 4.68. The molecule has 0 aromatic heterocycles. The zero-order valence-electron chi connectivity index (χ0n) is 7.42. The van der Waals surface area contributed by atoms with E-state index in [1.54, 1.807) is 0 Å². The average Bonchev–Trinajstić information content (AvgIpc) is 2.44. The summed E-state index contributed by atoms with van der Waals surface area (Å²) in [5.74, 6) is 0.0167. The summed E-state index contributed by atoms with van der Waals surface area (Å²) in [7, 11) is 0. The number of carbonyl (C=O) groups excluding carboxylic acids is 1. The number of β-amino-alcohol motifs (C(OH)–C–C–N with tert-alkyl or cyclic N) is 1. The van der Waals surface area contributed by atoms with Crippen molar-refractivity contribution in [1.29, 1.82) is 0 Å². The molecule has 2 saturated heterocycles. The lowest BCUT2D eigenvalue weighted by molar-refractivity contribution is -0.124. The third-order valence-electron chi connectivity index (χ3n) is 2.55. The molecule has 2 aliphatic heterocycles. The second-order valence-corrected chi connectivity index (χ2v) is 3.71. The highest BCUT2D eigenvalue weighted by Gasteiger charge is 2.30. The van der Waals surface area contributed by atoms with Crippen LogP contribution in [0.2, 0.25) is 0 Å². The molecule has 0 unspecified atom stereocenters. The van der Waals surface area contributed by atoms with Crippen LogP contribution in [0.4, 0.5) is 0 Å². The van der Waals surface area contributed by atoms with Gasteiger partial charge in [-0.1, -0.05) is 0 Å². The van der Waals surface area contributed by atoms with Crippen molar-refractivity contribution in [2.45, 2.75) is 24.6 Å². The van der Waals surface area contributed by atoms with Crippen molar-refractivity contribution in [3.63, 3.8) is 0 Å². The third-order valence-corrected chi connectivity index (χ3v) is 2.55. The second-order valence-electron chi connectivity index (χ2n) is 3.71. The first-order chi connectivity index (χ1) is 6.25. The Morgan fingerprint density at radius 1 is 1.38 bits per heavy atom. The molecule has 0 spiro atoms. The lowest BCUT2D eigenvalue weighted by atomic mass is 10.1. The van der Waals surface area contributed by atoms with Gasteiger partial charge in [0.05, 0.1) is 18.2 Å². The Kier molecular flexibility index (Phi) is 2.48. The van der Waals surface area contributed by atoms with Gasteiger partial charge in [-0.25, -0.2) is 0 Å². The predicted molar refractivity (Wildman–Crippen MR) is 47.2 cm³/mol. The molecule has 1 amide bonds. The molecule has 0 bridgehead atoms. The van der Waals surface area contributed by atoms with E-state index in [2.05, 4.69) is 16.0 Å². The summed E-state index contributed by atoms with van der Waals surface area (Å²) in [6.45, 7) is 2.25. The zero-order valence-corrected chi connectivity index (χ0v) is 7.42. The minimum Gasteiger partial charge on any atom is -0.392 e. The molecule has 0 aromatic carbocycles. The van der Waals surface area contributed by atoms with Crippen LogP contribution in [0.1, 0.15) is 6.42 Å². The van der Waals surface area contributed by atoms with Crippen molar-refractivity contribution < 1.29 is 9.90 Å². The molecule has 13 heavy (non-hydrogen) atoms. The Morgan fingerprint density at radius 2 is 2.15 bits per heavy atom. The first-order valence-electron chi connectivity index (χ1n) is 4.68. The molecule has 4 N–H and O–H groups in total. The fourth-order valence-electron chi connectivity index (χ4n) is 1.61. The van der Waals surface area contributed by atoms with Gasteiger partial charge in [0.1, 0.15) is 0 Å². The first kappa shape index (κ1) is 8.93. The van der Waals surface area contributed by atoms with E-state index in [4.69, 9.17) is 0 Å². The summed E-state index contributed by atoms with van der Waals surface area (Å²) in [6, 6.07) is 0.0858. The molecular weight excluding hydrogens is 170 g/mol. The third kappa shape index (κ3) is 1.99. The van der Waals surface area contributed by atoms with Gasteiger partial charge in [0.15, 0.2) is 0 Å². The van der Waals surface area contributed by atoms with Crippen LogP contribution >= 0.6 is 0 Å². The summed E-state index contributed by atoms with van der Waals surface area (Å²) < 4.78 is 0. The average molecular weight is 185 g/mol. The van der Waals surface area contributed by atoms with Crippen molar-refractivity contribution in [2.75, 3.05) is 19.6 Å². The van der Waals surface area contributed by atoms with E-state index in [1.807, 2.05) is 0 Å². The summed E-state index contributed by atoms with van der Waals surface area (Å²) in [5, 5.41) is 18.2. The van der Waals surface area contributed by atoms with Gasteiger partial charge in [-0.3, -0.25) is 4.79 Å². The molecule has 0 aromatic rings. The smallest absolute Gasteiger partial charge is 0.237 e. The molecule has 5 nitrogen and oxygen atoms in total. The van der Waals surface area contributed by atoms with Crippen LogP contribution in [0, 0.1) is 0 Å². The summed E-state index contributed by atoms with van der Waals surface area (Å²) in [6.07, 6.45) is 0.168. The summed E-state index contributed by atoms with van der Waals surface area (Å²) >= 11 is 0. The van der Waals surface area contributed by atoms with Crippen molar-refractivity contribution >= 4 is 5.91 Å². The number of carbonyl (C=O) groups is 1. The summed E-state index contributed by atoms with van der Waals surface area (Å²) in [4.78, 5) is 11.5. The van der Waals surface area contributed by atoms with Crippen LogP contribution in [0.15, 0.2) is 0 Å². The number of aliphatic hydroxyl groups is 1. The van der Waals surface area contributed by atoms with Gasteiger partial charge < -0.3 is 21.1 Å². The molecule has 0 radical (unpaired) electrons. The van der Waals surface area contributed by atoms with Gasteiger partial charge in [0, 0.05) is 19.6 Å². The van der Waals surface area contributed by atoms with E-state index in [-0.39, 0.29) is 24.1 Å². The number of hydrogen-bond donors (Lipinski definition) is 4. The summed E-state index contributed by atoms with van der Waals surface area (Å²) in [5.41, 5.74) is 0. The fourth-order valence-corrected chi connectivity index (χ4v) is 1.61. The Hall–Kier alpha value is -0.650. The van der Waals surface area contributed by atoms with Gasteiger partial charge in [0.2, 0.25) is 5.91 Å². The van der Waals surface area contributed by atoms with Crippen LogP contribution < -0.4 is 16.0 Å². The van der Waals surface area contributed by atoms with Gasteiger partial charge in [-0.05, 0) is 6.42 Å². The van der Waals surface area contributed by atoms with E-state index in [0.717, 1.165) is 13.1 Å². The van der Waals surface area contributed by atoms with Crippen LogP contribution in [0.5, 0.6) is 0 Å². The van der Waals surface area contributed by atoms with Crippen LogP contribution in [0.25, 0.3) is 0 Å². The van der Waals surface area contributed by atoms with Crippen LogP contribution in [0.3, 0.4) is 0 Å². The molecule has 2 rings (SSSR count). The standard InChI is InChI=1S/C8H15N3O2/c12-6-1-7(10-4-6)8(13)11-5-2-9-3-5/h5-7,9-10,12H,1-4H2,(H,11,13)/t6-,7+/m0/s1. The Balaban J connectivity index is 1.76. The second kappa shape index (κ2) is 3.61. The van der Waals surface area contributed by atoms with E-state index in [1.165, 1.54) is 0 Å². The highest BCUT2D eigenvalue weighted by Crippen LogP contribution is 2.06. The van der Waals surface area contributed by atoms with Crippen molar-refractivity contribution in [3.05, 3.63) is 0 Å². The maximum Gasteiger partial charge on any atom is 0.237 e. The quantitative estimate of drug-likeness (QED) is 0.394. The molecule has 5 heteroatoms. The molecule has 0 aliphatic carbocycles. The topological polar surface area (TPSA) is 73.4 Å². The SMILES string of the molecule is O=C(NC1CNC1)[C@H]1C[C@H](O)CN1. The number of nitrogens with one attached hydrogen (secondary N) is 3. The molecule has 0 saturated carbocycles. The highest BCUT2D eigenvalue weighted by molar-refractivity contribution is 5.82. The van der Waals surface area contributed by atoms with Crippen molar-refractivity contribution in [3.8, 4) is 0 Å². The lowest BCUT2D eigenvalue weighted by Gasteiger charge is -2.29. The van der Waals surface area contributed by atoms with Crippen molar-refractivity contribution in [1.82, 2.24) is 16.0 Å². The number of aliphatic hydroxyl groups excluding tert-OH is 1. The Morgan fingerprint density at radius 3 is 2.62 bits per heavy atom.